The first-order valence-electron chi connectivity index (χ1n) is 11.1. The molecule has 0 saturated carbocycles. The number of aromatic hydroxyl groups is 1. The summed E-state index contributed by atoms with van der Waals surface area (Å²) < 4.78 is 22.6. The molecule has 0 radical (unpaired) electrons. The van der Waals surface area contributed by atoms with Crippen molar-refractivity contribution in [3.63, 3.8) is 0 Å². The maximum atomic E-state index is 13.2. The highest BCUT2D eigenvalue weighted by Gasteiger charge is 2.39. The molecular formula is C28H20O7. The van der Waals surface area contributed by atoms with Gasteiger partial charge in [-0.1, -0.05) is 24.3 Å². The van der Waals surface area contributed by atoms with E-state index < -0.39 is 0 Å². The van der Waals surface area contributed by atoms with Gasteiger partial charge in [-0.25, -0.2) is 0 Å². The van der Waals surface area contributed by atoms with Gasteiger partial charge in [-0.2, -0.15) is 0 Å². The minimum absolute atomic E-state index is 0.0429. The summed E-state index contributed by atoms with van der Waals surface area (Å²) in [6, 6.07) is 15.8. The first-order valence-corrected chi connectivity index (χ1v) is 11.1. The zero-order chi connectivity index (χ0) is 24.1. The second-order valence-corrected chi connectivity index (χ2v) is 8.50. The van der Waals surface area contributed by atoms with Crippen molar-refractivity contribution in [3.8, 4) is 28.7 Å². The zero-order valence-electron chi connectivity index (χ0n) is 18.7. The van der Waals surface area contributed by atoms with Crippen LogP contribution >= 0.6 is 0 Å². The lowest BCUT2D eigenvalue weighted by atomic mass is 9.83. The van der Waals surface area contributed by atoms with Crippen LogP contribution in [0.15, 0.2) is 65.9 Å². The van der Waals surface area contributed by atoms with Crippen LogP contribution in [0.4, 0.5) is 0 Å². The quantitative estimate of drug-likeness (QED) is 0.333. The summed E-state index contributed by atoms with van der Waals surface area (Å²) in [5.74, 6) is 0.960. The third-order valence-electron chi connectivity index (χ3n) is 6.38. The van der Waals surface area contributed by atoms with Gasteiger partial charge in [0.25, 0.3) is 0 Å². The summed E-state index contributed by atoms with van der Waals surface area (Å²) in [4.78, 5) is 25.6. The number of rotatable bonds is 3. The molecule has 3 aromatic carbocycles. The molecular weight excluding hydrogens is 448 g/mol. The van der Waals surface area contributed by atoms with Gasteiger partial charge in [0.15, 0.2) is 17.3 Å². The third kappa shape index (κ3) is 3.52. The molecule has 0 saturated heterocycles. The van der Waals surface area contributed by atoms with E-state index in [2.05, 4.69) is 0 Å². The van der Waals surface area contributed by atoms with Gasteiger partial charge in [-0.15, -0.1) is 0 Å². The van der Waals surface area contributed by atoms with Crippen LogP contribution in [0.5, 0.6) is 28.7 Å². The lowest BCUT2D eigenvalue weighted by Gasteiger charge is -2.29. The molecule has 1 atom stereocenters. The summed E-state index contributed by atoms with van der Waals surface area (Å²) in [5.41, 5.74) is 3.47. The van der Waals surface area contributed by atoms with Crippen molar-refractivity contribution in [2.75, 3.05) is 13.7 Å². The molecule has 0 spiro atoms. The number of phenolic OH excluding ortho intramolecular Hbond substituents is 1. The SMILES string of the molecule is COc1ccc(/C=C2\Oc3c(ccc4c3C(C3=Cc5ccccc5OC3)CC(=O)O4)C2=O)cc1O. The van der Waals surface area contributed by atoms with Crippen LogP contribution in [-0.4, -0.2) is 30.6 Å². The first kappa shape index (κ1) is 21.0. The van der Waals surface area contributed by atoms with Crippen molar-refractivity contribution in [1.29, 1.82) is 0 Å². The van der Waals surface area contributed by atoms with Crippen molar-refractivity contribution in [3.05, 3.63) is 88.2 Å². The molecule has 1 unspecified atom stereocenters. The van der Waals surface area contributed by atoms with E-state index in [1.807, 2.05) is 30.3 Å². The van der Waals surface area contributed by atoms with E-state index in [0.29, 0.717) is 40.5 Å². The number of Topliss-reactive ketones (excluding diaryl/α,β-unsaturated/α-hetero) is 1. The molecule has 0 bridgehead atoms. The smallest absolute Gasteiger partial charge is 0.312 e. The predicted octanol–water partition coefficient (Wildman–Crippen LogP) is 4.89. The van der Waals surface area contributed by atoms with Crippen molar-refractivity contribution < 1.29 is 33.6 Å². The molecule has 0 aromatic heterocycles. The van der Waals surface area contributed by atoms with E-state index >= 15 is 0 Å². The number of allylic oxidation sites excluding steroid dienone is 1. The highest BCUT2D eigenvalue weighted by molar-refractivity contribution is 6.15. The maximum absolute atomic E-state index is 13.2. The second kappa shape index (κ2) is 8.06. The molecule has 7 heteroatoms. The third-order valence-corrected chi connectivity index (χ3v) is 6.38. The van der Waals surface area contributed by atoms with E-state index in [4.69, 9.17) is 18.9 Å². The Labute approximate surface area is 200 Å². The molecule has 0 amide bonds. The topological polar surface area (TPSA) is 91.3 Å². The number of carbonyl (C=O) groups is 2. The fourth-order valence-electron chi connectivity index (χ4n) is 4.71. The van der Waals surface area contributed by atoms with Gasteiger partial charge in [-0.3, -0.25) is 9.59 Å². The summed E-state index contributed by atoms with van der Waals surface area (Å²) in [7, 11) is 1.46. The van der Waals surface area contributed by atoms with Crippen LogP contribution in [0.1, 0.15) is 39.4 Å². The normalized spacial score (nSPS) is 19.1. The number of methoxy groups -OCH3 is 1. The van der Waals surface area contributed by atoms with E-state index in [-0.39, 0.29) is 35.6 Å². The molecule has 174 valence electrons. The minimum atomic E-state index is -0.355. The number of carbonyl (C=O) groups excluding carboxylic acids is 2. The number of benzene rings is 3. The van der Waals surface area contributed by atoms with Crippen molar-refractivity contribution >= 4 is 23.9 Å². The Bertz CT molecular complexity index is 1460. The highest BCUT2D eigenvalue weighted by atomic mass is 16.5. The van der Waals surface area contributed by atoms with Crippen molar-refractivity contribution in [2.24, 2.45) is 0 Å². The number of ketones is 1. The Morgan fingerprint density at radius 1 is 1.03 bits per heavy atom. The molecule has 0 aliphatic carbocycles. The van der Waals surface area contributed by atoms with E-state index in [1.165, 1.54) is 13.2 Å². The van der Waals surface area contributed by atoms with E-state index in [0.717, 1.165) is 16.9 Å². The van der Waals surface area contributed by atoms with Gasteiger partial charge in [0.2, 0.25) is 5.78 Å². The summed E-state index contributed by atoms with van der Waals surface area (Å²) in [6.45, 7) is 0.319. The lowest BCUT2D eigenvalue weighted by molar-refractivity contribution is -0.135. The Morgan fingerprint density at radius 3 is 2.71 bits per heavy atom. The monoisotopic (exact) mass is 468 g/mol. The number of esters is 1. The molecule has 0 fully saturated rings. The average Bonchev–Trinajstić information content (AvgIpc) is 3.18. The van der Waals surface area contributed by atoms with E-state index in [1.54, 1.807) is 30.3 Å². The largest absolute Gasteiger partial charge is 0.504 e. The minimum Gasteiger partial charge on any atom is -0.504 e. The first-order chi connectivity index (χ1) is 17.0. The second-order valence-electron chi connectivity index (χ2n) is 8.50. The maximum Gasteiger partial charge on any atom is 0.312 e. The van der Waals surface area contributed by atoms with Crippen LogP contribution in [0.3, 0.4) is 0 Å². The molecule has 3 aliphatic rings. The summed E-state index contributed by atoms with van der Waals surface area (Å²) in [5, 5.41) is 10.1. The Hall–Kier alpha value is -4.52. The van der Waals surface area contributed by atoms with Crippen LogP contribution < -0.4 is 18.9 Å². The van der Waals surface area contributed by atoms with Crippen LogP contribution in [0.2, 0.25) is 0 Å². The molecule has 7 nitrogen and oxygen atoms in total. The lowest BCUT2D eigenvalue weighted by Crippen LogP contribution is -2.24. The predicted molar refractivity (Wildman–Crippen MR) is 127 cm³/mol. The number of fused-ring (bicyclic) bond motifs is 4. The van der Waals surface area contributed by atoms with Gasteiger partial charge >= 0.3 is 5.97 Å². The standard InChI is InChI=1S/C28H20O7/c1-32-22-8-6-15(10-20(22)29)11-24-27(31)18-7-9-23-26(28(18)35-24)19(13-25(30)34-23)17-12-16-4-2-3-5-21(16)33-14-17/h2-12,19,29H,13-14H2,1H3/b24-11-. The molecule has 35 heavy (non-hydrogen) atoms. The summed E-state index contributed by atoms with van der Waals surface area (Å²) >= 11 is 0. The fourth-order valence-corrected chi connectivity index (χ4v) is 4.71. The van der Waals surface area contributed by atoms with Gasteiger partial charge < -0.3 is 24.1 Å². The van der Waals surface area contributed by atoms with E-state index in [9.17, 15) is 14.7 Å². The van der Waals surface area contributed by atoms with Gasteiger partial charge in [0.05, 0.1) is 19.1 Å². The van der Waals surface area contributed by atoms with Crippen LogP contribution in [0, 0.1) is 0 Å². The Kier molecular flexibility index (Phi) is 4.84. The van der Waals surface area contributed by atoms with Crippen LogP contribution in [-0.2, 0) is 4.79 Å². The Morgan fingerprint density at radius 2 is 1.89 bits per heavy atom. The van der Waals surface area contributed by atoms with Gasteiger partial charge in [0.1, 0.15) is 23.9 Å². The highest BCUT2D eigenvalue weighted by Crippen LogP contribution is 2.50. The number of ether oxygens (including phenoxy) is 4. The Balaban J connectivity index is 1.42. The molecule has 3 aromatic rings. The zero-order valence-corrected chi connectivity index (χ0v) is 18.7. The number of phenols is 1. The van der Waals surface area contributed by atoms with Crippen LogP contribution in [0.25, 0.3) is 12.2 Å². The van der Waals surface area contributed by atoms with Gasteiger partial charge in [-0.05, 0) is 53.6 Å². The molecule has 3 aliphatic heterocycles. The average molecular weight is 468 g/mol. The molecule has 6 rings (SSSR count). The number of hydrogen-bond acceptors (Lipinski definition) is 7. The number of hydrogen-bond donors (Lipinski definition) is 1. The van der Waals surface area contributed by atoms with Crippen molar-refractivity contribution in [2.45, 2.75) is 12.3 Å². The number of para-hydroxylation sites is 1. The fraction of sp³-hybridized carbons (Fsp3) is 0.143. The molecule has 1 N–H and O–H groups in total. The van der Waals surface area contributed by atoms with Crippen molar-refractivity contribution in [1.82, 2.24) is 0 Å². The molecule has 3 heterocycles. The van der Waals surface area contributed by atoms with Gasteiger partial charge in [0, 0.05) is 17.0 Å². The summed E-state index contributed by atoms with van der Waals surface area (Å²) in [6.07, 6.45) is 3.71.